The molecule has 1 aromatic rings. The topological polar surface area (TPSA) is 115 Å². The fourth-order valence-corrected chi connectivity index (χ4v) is 1.70. The van der Waals surface area contributed by atoms with Gasteiger partial charge in [-0.05, 0) is 5.75 Å². The molecule has 3 N–H and O–H groups in total. The molecule has 0 saturated heterocycles. The Bertz CT molecular complexity index is 435. The van der Waals surface area contributed by atoms with E-state index in [9.17, 15) is 10.1 Å². The maximum atomic E-state index is 10.8. The summed E-state index contributed by atoms with van der Waals surface area (Å²) in [4.78, 5) is 14.1. The number of hydrogen-bond donors (Lipinski definition) is 2. The van der Waals surface area contributed by atoms with Crippen molar-refractivity contribution in [2.75, 3.05) is 5.75 Å². The monoisotopic (exact) mass is 242 g/mol. The Kier molecular flexibility index (Phi) is 4.06. The number of aromatic nitrogens is 1. The first-order valence-electron chi connectivity index (χ1n) is 4.35. The molecule has 0 unspecified atom stereocenters. The second-order valence-corrected chi connectivity index (χ2v) is 3.98. The van der Waals surface area contributed by atoms with Crippen molar-refractivity contribution in [3.8, 4) is 0 Å². The maximum Gasteiger partial charge on any atom is 0.302 e. The largest absolute Gasteiger partial charge is 0.409 e. The number of nitro groups is 1. The predicted octanol–water partition coefficient (Wildman–Crippen LogP) is 1.20. The van der Waals surface area contributed by atoms with Crippen LogP contribution in [0.4, 0.5) is 5.69 Å². The Morgan fingerprint density at radius 2 is 2.50 bits per heavy atom. The molecule has 16 heavy (non-hydrogen) atoms. The molecule has 0 radical (unpaired) electrons. The molecule has 8 heteroatoms. The average molecular weight is 242 g/mol. The van der Waals surface area contributed by atoms with Crippen molar-refractivity contribution < 1.29 is 10.1 Å². The first-order chi connectivity index (χ1) is 7.60. The van der Waals surface area contributed by atoms with Gasteiger partial charge in [0.05, 0.1) is 4.92 Å². The normalized spacial score (nSPS) is 11.4. The lowest BCUT2D eigenvalue weighted by Gasteiger charge is -2.02. The van der Waals surface area contributed by atoms with Crippen LogP contribution < -0.4 is 5.73 Å². The van der Waals surface area contributed by atoms with Gasteiger partial charge in [0.2, 0.25) is 0 Å². The summed E-state index contributed by atoms with van der Waals surface area (Å²) in [6.45, 7) is 1.87. The maximum absolute atomic E-state index is 10.8. The van der Waals surface area contributed by atoms with Crippen LogP contribution in [0.5, 0.6) is 0 Å². The van der Waals surface area contributed by atoms with Gasteiger partial charge in [-0.3, -0.25) is 10.1 Å². The fraction of sp³-hybridized carbons (Fsp3) is 0.250. The van der Waals surface area contributed by atoms with Crippen molar-refractivity contribution in [1.29, 1.82) is 0 Å². The van der Waals surface area contributed by atoms with E-state index < -0.39 is 4.92 Å². The van der Waals surface area contributed by atoms with Crippen molar-refractivity contribution in [1.82, 2.24) is 4.98 Å². The van der Waals surface area contributed by atoms with Crippen molar-refractivity contribution in [3.05, 3.63) is 27.9 Å². The molecule has 0 spiro atoms. The summed E-state index contributed by atoms with van der Waals surface area (Å²) >= 11 is 1.26. The molecule has 0 aliphatic rings. The third-order valence-corrected chi connectivity index (χ3v) is 2.59. The Morgan fingerprint density at radius 1 is 1.81 bits per heavy atom. The zero-order chi connectivity index (χ0) is 12.1. The van der Waals surface area contributed by atoms with E-state index in [2.05, 4.69) is 10.1 Å². The Labute approximate surface area is 95.5 Å². The van der Waals surface area contributed by atoms with E-state index in [-0.39, 0.29) is 17.1 Å². The van der Waals surface area contributed by atoms with Gasteiger partial charge in [-0.1, -0.05) is 23.8 Å². The van der Waals surface area contributed by atoms with Gasteiger partial charge in [0.1, 0.15) is 0 Å². The number of nitrogens with zero attached hydrogens (tertiary/aromatic N) is 3. The molecule has 1 rings (SSSR count). The average Bonchev–Trinajstić information content (AvgIpc) is 2.28. The predicted molar refractivity (Wildman–Crippen MR) is 59.8 cm³/mol. The summed E-state index contributed by atoms with van der Waals surface area (Å²) < 4.78 is 0. The number of rotatable bonds is 4. The minimum atomic E-state index is -0.543. The quantitative estimate of drug-likeness (QED) is 0.205. The number of hydrogen-bond acceptors (Lipinski definition) is 6. The lowest BCUT2D eigenvalue weighted by Crippen LogP contribution is -2.14. The molecule has 0 aromatic carbocycles. The summed E-state index contributed by atoms with van der Waals surface area (Å²) in [6, 6.07) is 1.24. The van der Waals surface area contributed by atoms with Crippen molar-refractivity contribution in [2.45, 2.75) is 11.9 Å². The molecule has 0 atom stereocenters. The van der Waals surface area contributed by atoms with Crippen LogP contribution in [0.25, 0.3) is 0 Å². The minimum absolute atomic E-state index is 0.143. The Morgan fingerprint density at radius 3 is 3.00 bits per heavy atom. The van der Waals surface area contributed by atoms with E-state index in [0.717, 1.165) is 0 Å². The highest BCUT2D eigenvalue weighted by Crippen LogP contribution is 2.27. The van der Waals surface area contributed by atoms with E-state index in [1.807, 2.05) is 6.92 Å². The molecule has 1 aromatic heterocycles. The molecule has 1 heterocycles. The molecule has 86 valence electrons. The van der Waals surface area contributed by atoms with Gasteiger partial charge in [0.15, 0.2) is 10.9 Å². The summed E-state index contributed by atoms with van der Waals surface area (Å²) in [5.74, 6) is 0.472. The molecule has 0 aliphatic heterocycles. The highest BCUT2D eigenvalue weighted by Gasteiger charge is 2.17. The minimum Gasteiger partial charge on any atom is -0.409 e. The molecule has 0 saturated carbocycles. The summed E-state index contributed by atoms with van der Waals surface area (Å²) in [6.07, 6.45) is 1.33. The van der Waals surface area contributed by atoms with E-state index in [1.54, 1.807) is 0 Å². The highest BCUT2D eigenvalue weighted by molar-refractivity contribution is 7.99. The lowest BCUT2D eigenvalue weighted by atomic mass is 10.2. The van der Waals surface area contributed by atoms with E-state index in [1.165, 1.54) is 24.0 Å². The van der Waals surface area contributed by atoms with Crippen LogP contribution in [0.1, 0.15) is 12.5 Å². The number of thioether (sulfide) groups is 1. The van der Waals surface area contributed by atoms with Crippen molar-refractivity contribution in [2.24, 2.45) is 10.9 Å². The highest BCUT2D eigenvalue weighted by atomic mass is 32.2. The smallest absolute Gasteiger partial charge is 0.302 e. The molecule has 0 fully saturated rings. The van der Waals surface area contributed by atoms with E-state index >= 15 is 0 Å². The lowest BCUT2D eigenvalue weighted by molar-refractivity contribution is -0.388. The fourth-order valence-electron chi connectivity index (χ4n) is 1.02. The number of amidine groups is 1. The molecule has 0 aliphatic carbocycles. The molecule has 7 nitrogen and oxygen atoms in total. The van der Waals surface area contributed by atoms with Crippen LogP contribution >= 0.6 is 11.8 Å². The molecular weight excluding hydrogens is 232 g/mol. The molecular formula is C8H10N4O3S. The summed E-state index contributed by atoms with van der Waals surface area (Å²) in [5.41, 5.74) is 5.39. The van der Waals surface area contributed by atoms with Crippen molar-refractivity contribution in [3.63, 3.8) is 0 Å². The van der Waals surface area contributed by atoms with Gasteiger partial charge < -0.3 is 10.9 Å². The first-order valence-corrected chi connectivity index (χ1v) is 5.33. The third-order valence-electron chi connectivity index (χ3n) is 1.71. The van der Waals surface area contributed by atoms with Gasteiger partial charge in [-0.15, -0.1) is 0 Å². The summed E-state index contributed by atoms with van der Waals surface area (Å²) in [5, 5.41) is 22.3. The van der Waals surface area contributed by atoms with Crippen LogP contribution in [-0.4, -0.2) is 26.7 Å². The van der Waals surface area contributed by atoms with Gasteiger partial charge >= 0.3 is 5.69 Å². The van der Waals surface area contributed by atoms with E-state index in [4.69, 9.17) is 10.9 Å². The number of oxime groups is 1. The second-order valence-electron chi connectivity index (χ2n) is 2.72. The third kappa shape index (κ3) is 2.60. The van der Waals surface area contributed by atoms with Crippen LogP contribution in [0, 0.1) is 10.1 Å². The van der Waals surface area contributed by atoms with Crippen LogP contribution in [-0.2, 0) is 0 Å². The van der Waals surface area contributed by atoms with Gasteiger partial charge in [-0.2, -0.15) is 0 Å². The second kappa shape index (κ2) is 5.31. The zero-order valence-corrected chi connectivity index (χ0v) is 9.27. The molecule has 0 amide bonds. The SMILES string of the molecule is CCSc1ncc(C(N)=NO)cc1[N+](=O)[O-]. The van der Waals surface area contributed by atoms with E-state index in [0.29, 0.717) is 10.8 Å². The standard InChI is InChI=1S/C8H10N4O3S/c1-2-16-8-6(12(14)15)3-5(4-10-8)7(9)11-13/h3-4,13H,2H2,1H3,(H2,9,11). The first kappa shape index (κ1) is 12.2. The number of nitrogens with two attached hydrogens (primary N) is 1. The molecule has 0 bridgehead atoms. The zero-order valence-electron chi connectivity index (χ0n) is 8.45. The van der Waals surface area contributed by atoms with Gasteiger partial charge in [0.25, 0.3) is 0 Å². The van der Waals surface area contributed by atoms with Crippen LogP contribution in [0.2, 0.25) is 0 Å². The van der Waals surface area contributed by atoms with Crippen LogP contribution in [0.3, 0.4) is 0 Å². The number of pyridine rings is 1. The van der Waals surface area contributed by atoms with Gasteiger partial charge in [-0.25, -0.2) is 4.98 Å². The van der Waals surface area contributed by atoms with Crippen molar-refractivity contribution >= 4 is 23.3 Å². The van der Waals surface area contributed by atoms with Crippen LogP contribution in [0.15, 0.2) is 22.4 Å². The summed E-state index contributed by atoms with van der Waals surface area (Å²) in [7, 11) is 0. The van der Waals surface area contributed by atoms with Gasteiger partial charge in [0, 0.05) is 17.8 Å². The Hall–Kier alpha value is -1.83. The Balaban J connectivity index is 3.22.